The fourth-order valence-corrected chi connectivity index (χ4v) is 7.42. The molecule has 6 nitrogen and oxygen atoms in total. The first-order valence-corrected chi connectivity index (χ1v) is 10.5. The molecule has 4 aliphatic rings. The Balaban J connectivity index is 1.76. The lowest BCUT2D eigenvalue weighted by Crippen LogP contribution is -2.68. The normalized spacial score (nSPS) is 37.2. The van der Waals surface area contributed by atoms with Crippen LogP contribution in [0.3, 0.4) is 0 Å². The number of hydrogen-bond acceptors (Lipinski definition) is 5. The lowest BCUT2D eigenvalue weighted by atomic mass is 9.51. The van der Waals surface area contributed by atoms with Gasteiger partial charge in [-0.1, -0.05) is 12.1 Å². The van der Waals surface area contributed by atoms with Gasteiger partial charge in [-0.15, -0.1) is 0 Å². The van der Waals surface area contributed by atoms with E-state index in [0.29, 0.717) is 0 Å². The van der Waals surface area contributed by atoms with Crippen LogP contribution in [0.15, 0.2) is 18.2 Å². The molecule has 0 aromatic heterocycles. The standard InChI is InChI=1S/C22H30N2O4/c1-14(26)24-17-7-9-21(18(27)13-25)8-4-11-23-12-10-22(17,20(21)23)15-5-3-6-16(28-2)19(15)24/h3,5-6,17-18,20,25,27H,4,7-13H2,1-2H3/t17-,18?,20-,21-,22-/m1/s1. The molecule has 3 fully saturated rings. The minimum Gasteiger partial charge on any atom is -0.495 e. The third-order valence-corrected chi connectivity index (χ3v) is 8.22. The van der Waals surface area contributed by atoms with Crippen molar-refractivity contribution in [2.24, 2.45) is 5.41 Å². The Morgan fingerprint density at radius 2 is 2.14 bits per heavy atom. The van der Waals surface area contributed by atoms with Crippen molar-refractivity contribution >= 4 is 11.6 Å². The summed E-state index contributed by atoms with van der Waals surface area (Å²) in [5.74, 6) is 0.802. The zero-order chi connectivity index (χ0) is 19.7. The summed E-state index contributed by atoms with van der Waals surface area (Å²) in [6.45, 7) is 3.45. The minimum atomic E-state index is -0.725. The van der Waals surface area contributed by atoms with Gasteiger partial charge in [-0.25, -0.2) is 0 Å². The fraction of sp³-hybridized carbons (Fsp3) is 0.682. The molecule has 1 unspecified atom stereocenters. The quantitative estimate of drug-likeness (QED) is 0.827. The maximum absolute atomic E-state index is 12.8. The first-order valence-electron chi connectivity index (χ1n) is 10.5. The van der Waals surface area contributed by atoms with Gasteiger partial charge in [-0.3, -0.25) is 9.69 Å². The van der Waals surface area contributed by atoms with Gasteiger partial charge >= 0.3 is 0 Å². The average molecular weight is 386 g/mol. The molecule has 1 amide bonds. The highest BCUT2D eigenvalue weighted by atomic mass is 16.5. The molecule has 3 heterocycles. The maximum Gasteiger partial charge on any atom is 0.224 e. The lowest BCUT2D eigenvalue weighted by molar-refractivity contribution is -0.127. The van der Waals surface area contributed by atoms with Crippen LogP contribution >= 0.6 is 0 Å². The predicted octanol–water partition coefficient (Wildman–Crippen LogP) is 1.67. The Labute approximate surface area is 166 Å². The summed E-state index contributed by atoms with van der Waals surface area (Å²) < 4.78 is 5.68. The number of carbonyl (C=O) groups excluding carboxylic acids is 1. The first kappa shape index (κ1) is 18.4. The maximum atomic E-state index is 12.8. The van der Waals surface area contributed by atoms with Crippen LogP contribution in [-0.4, -0.2) is 66.0 Å². The van der Waals surface area contributed by atoms with Crippen molar-refractivity contribution < 1.29 is 19.7 Å². The Hall–Kier alpha value is -1.63. The lowest BCUT2D eigenvalue weighted by Gasteiger charge is -2.59. The van der Waals surface area contributed by atoms with E-state index in [1.165, 1.54) is 5.56 Å². The van der Waals surface area contributed by atoms with Crippen molar-refractivity contribution in [3.05, 3.63) is 23.8 Å². The fourth-order valence-electron chi connectivity index (χ4n) is 7.42. The van der Waals surface area contributed by atoms with Crippen LogP contribution in [0, 0.1) is 5.41 Å². The van der Waals surface area contributed by atoms with Crippen LogP contribution in [0.25, 0.3) is 0 Å². The number of benzene rings is 1. The smallest absolute Gasteiger partial charge is 0.224 e. The van der Waals surface area contributed by atoms with Gasteiger partial charge in [0.2, 0.25) is 5.91 Å². The number of carbonyl (C=O) groups is 1. The van der Waals surface area contributed by atoms with Gasteiger partial charge in [0.1, 0.15) is 5.75 Å². The van der Waals surface area contributed by atoms with Gasteiger partial charge in [0, 0.05) is 29.8 Å². The van der Waals surface area contributed by atoms with E-state index in [1.807, 2.05) is 17.0 Å². The summed E-state index contributed by atoms with van der Waals surface area (Å²) in [6, 6.07) is 6.35. The van der Waals surface area contributed by atoms with E-state index in [2.05, 4.69) is 11.0 Å². The molecule has 6 heteroatoms. The summed E-state index contributed by atoms with van der Waals surface area (Å²) in [5.41, 5.74) is 1.59. The number of para-hydroxylation sites is 1. The minimum absolute atomic E-state index is 0.0529. The SMILES string of the molecule is COc1cccc2c1N(C(C)=O)[C@@H]1CC[C@@]3(C(O)CO)CCCN4CC[C@@]21[C@H]43. The van der Waals surface area contributed by atoms with E-state index in [0.717, 1.165) is 56.6 Å². The van der Waals surface area contributed by atoms with Crippen molar-refractivity contribution in [3.63, 3.8) is 0 Å². The van der Waals surface area contributed by atoms with Crippen LogP contribution in [-0.2, 0) is 10.2 Å². The molecule has 152 valence electrons. The number of hydrogen-bond donors (Lipinski definition) is 2. The Morgan fingerprint density at radius 1 is 1.32 bits per heavy atom. The zero-order valence-corrected chi connectivity index (χ0v) is 16.7. The second-order valence-corrected chi connectivity index (χ2v) is 9.06. The predicted molar refractivity (Wildman–Crippen MR) is 106 cm³/mol. The number of methoxy groups -OCH3 is 1. The topological polar surface area (TPSA) is 73.2 Å². The Kier molecular flexibility index (Phi) is 4.06. The molecule has 1 saturated carbocycles. The van der Waals surface area contributed by atoms with Gasteiger partial charge < -0.3 is 19.8 Å². The summed E-state index contributed by atoms with van der Waals surface area (Å²) >= 11 is 0. The van der Waals surface area contributed by atoms with Crippen LogP contribution < -0.4 is 9.64 Å². The molecular weight excluding hydrogens is 356 g/mol. The number of nitrogens with zero attached hydrogens (tertiary/aromatic N) is 2. The van der Waals surface area contributed by atoms with Gasteiger partial charge in [-0.2, -0.15) is 0 Å². The average Bonchev–Trinajstić information content (AvgIpc) is 3.25. The summed E-state index contributed by atoms with van der Waals surface area (Å²) in [5, 5.41) is 20.9. The highest BCUT2D eigenvalue weighted by Gasteiger charge is 2.70. The highest BCUT2D eigenvalue weighted by Crippen LogP contribution is 2.66. The van der Waals surface area contributed by atoms with Crippen molar-refractivity contribution in [2.75, 3.05) is 31.7 Å². The van der Waals surface area contributed by atoms with Crippen molar-refractivity contribution in [3.8, 4) is 5.75 Å². The zero-order valence-electron chi connectivity index (χ0n) is 16.7. The van der Waals surface area contributed by atoms with Gasteiger partial charge in [0.25, 0.3) is 0 Å². The number of amides is 1. The third-order valence-electron chi connectivity index (χ3n) is 8.22. The van der Waals surface area contributed by atoms with Crippen LogP contribution in [0.5, 0.6) is 5.75 Å². The summed E-state index contributed by atoms with van der Waals surface area (Å²) in [6.07, 6.45) is 3.92. The van der Waals surface area contributed by atoms with Crippen LogP contribution in [0.1, 0.15) is 44.6 Å². The molecule has 5 rings (SSSR count). The largest absolute Gasteiger partial charge is 0.495 e. The molecule has 5 atom stereocenters. The first-order chi connectivity index (χ1) is 13.5. The number of piperidine rings is 1. The van der Waals surface area contributed by atoms with Crippen molar-refractivity contribution in [1.82, 2.24) is 4.90 Å². The molecular formula is C22H30N2O4. The molecule has 0 radical (unpaired) electrons. The van der Waals surface area contributed by atoms with Gasteiger partial charge in [0.15, 0.2) is 0 Å². The number of aliphatic hydroxyl groups excluding tert-OH is 2. The number of aliphatic hydroxyl groups is 2. The van der Waals surface area contributed by atoms with E-state index in [4.69, 9.17) is 4.74 Å². The number of ether oxygens (including phenoxy) is 1. The van der Waals surface area contributed by atoms with Gasteiger partial charge in [0.05, 0.1) is 25.5 Å². The molecule has 1 aliphatic carbocycles. The van der Waals surface area contributed by atoms with E-state index in [9.17, 15) is 15.0 Å². The molecule has 2 N–H and O–H groups in total. The van der Waals surface area contributed by atoms with E-state index in [-0.39, 0.29) is 35.4 Å². The molecule has 2 saturated heterocycles. The monoisotopic (exact) mass is 386 g/mol. The molecule has 28 heavy (non-hydrogen) atoms. The van der Waals surface area contributed by atoms with Crippen molar-refractivity contribution in [2.45, 2.75) is 62.6 Å². The van der Waals surface area contributed by atoms with Crippen molar-refractivity contribution in [1.29, 1.82) is 0 Å². The van der Waals surface area contributed by atoms with Crippen LogP contribution in [0.4, 0.5) is 5.69 Å². The Morgan fingerprint density at radius 3 is 2.86 bits per heavy atom. The molecule has 0 bridgehead atoms. The molecule has 1 spiro atoms. The summed E-state index contributed by atoms with van der Waals surface area (Å²) in [4.78, 5) is 17.3. The number of anilines is 1. The third kappa shape index (κ3) is 2.01. The molecule has 1 aromatic rings. The number of rotatable bonds is 3. The van der Waals surface area contributed by atoms with E-state index in [1.54, 1.807) is 14.0 Å². The molecule has 3 aliphatic heterocycles. The number of fused-ring (bicyclic) bond motifs is 1. The summed E-state index contributed by atoms with van der Waals surface area (Å²) in [7, 11) is 1.66. The van der Waals surface area contributed by atoms with Gasteiger partial charge in [-0.05, 0) is 56.8 Å². The van der Waals surface area contributed by atoms with Crippen LogP contribution in [0.2, 0.25) is 0 Å². The Bertz CT molecular complexity index is 814. The second kappa shape index (κ2) is 6.18. The van der Waals surface area contributed by atoms with E-state index >= 15 is 0 Å². The second-order valence-electron chi connectivity index (χ2n) is 9.06. The van der Waals surface area contributed by atoms with E-state index < -0.39 is 6.10 Å². The highest BCUT2D eigenvalue weighted by molar-refractivity contribution is 5.98. The molecule has 1 aromatic carbocycles.